The maximum absolute atomic E-state index is 3.14. The molecule has 0 aromatic heterocycles. The molecule has 0 bridgehead atoms. The monoisotopic (exact) mass is 234 g/mol. The molecule has 1 N–H and O–H groups in total. The largest absolute Gasteiger partial charge is 0.388 e. The van der Waals surface area contributed by atoms with Crippen LogP contribution >= 0.6 is 0 Å². The van der Waals surface area contributed by atoms with Gasteiger partial charge in [-0.15, -0.1) is 0 Å². The van der Waals surface area contributed by atoms with Crippen molar-refractivity contribution in [3.63, 3.8) is 0 Å². The van der Waals surface area contributed by atoms with Gasteiger partial charge in [0.2, 0.25) is 0 Å². The van der Waals surface area contributed by atoms with Gasteiger partial charge in [0.05, 0.1) is 0 Å². The van der Waals surface area contributed by atoms with E-state index in [9.17, 15) is 0 Å². The van der Waals surface area contributed by atoms with Crippen molar-refractivity contribution in [1.29, 1.82) is 0 Å². The minimum atomic E-state index is 0.595. The topological polar surface area (TPSA) is 15.3 Å². The molecule has 0 saturated carbocycles. The standard InChI is InChI=1S/C15H26N2/c1-12(2)6-7-13(3)17(5)15-10-8-14(16-4)9-11-15/h8-13,16H,6-7H2,1-5H3. The summed E-state index contributed by atoms with van der Waals surface area (Å²) in [5.74, 6) is 0.789. The van der Waals surface area contributed by atoms with E-state index in [1.165, 1.54) is 18.5 Å². The number of rotatable bonds is 6. The Morgan fingerprint density at radius 2 is 1.65 bits per heavy atom. The van der Waals surface area contributed by atoms with E-state index in [4.69, 9.17) is 0 Å². The molecule has 0 saturated heterocycles. The Labute approximate surface area is 106 Å². The molecule has 1 rings (SSSR count). The van der Waals surface area contributed by atoms with Crippen LogP contribution in [0.5, 0.6) is 0 Å². The van der Waals surface area contributed by atoms with Crippen LogP contribution in [0, 0.1) is 5.92 Å². The Balaban J connectivity index is 2.58. The summed E-state index contributed by atoms with van der Waals surface area (Å²) in [5, 5.41) is 3.14. The third-order valence-electron chi connectivity index (χ3n) is 3.39. The lowest BCUT2D eigenvalue weighted by molar-refractivity contribution is 0.503. The lowest BCUT2D eigenvalue weighted by Gasteiger charge is -2.27. The van der Waals surface area contributed by atoms with Crippen LogP contribution < -0.4 is 10.2 Å². The highest BCUT2D eigenvalue weighted by molar-refractivity contribution is 5.54. The third-order valence-corrected chi connectivity index (χ3v) is 3.39. The molecular weight excluding hydrogens is 208 g/mol. The zero-order valence-corrected chi connectivity index (χ0v) is 11.8. The van der Waals surface area contributed by atoms with Crippen molar-refractivity contribution in [2.24, 2.45) is 5.92 Å². The Hall–Kier alpha value is -1.18. The van der Waals surface area contributed by atoms with Crippen LogP contribution in [0.25, 0.3) is 0 Å². The minimum Gasteiger partial charge on any atom is -0.388 e. The van der Waals surface area contributed by atoms with Gasteiger partial charge in [0.15, 0.2) is 0 Å². The predicted octanol–water partition coefficient (Wildman–Crippen LogP) is 3.99. The van der Waals surface area contributed by atoms with Gasteiger partial charge in [-0.05, 0) is 49.9 Å². The molecule has 0 amide bonds. The molecule has 0 aliphatic rings. The van der Waals surface area contributed by atoms with E-state index < -0.39 is 0 Å². The zero-order chi connectivity index (χ0) is 12.8. The lowest BCUT2D eigenvalue weighted by atomic mass is 10.0. The van der Waals surface area contributed by atoms with Gasteiger partial charge >= 0.3 is 0 Å². The highest BCUT2D eigenvalue weighted by Gasteiger charge is 2.10. The Morgan fingerprint density at radius 1 is 1.06 bits per heavy atom. The molecule has 1 aromatic rings. The highest BCUT2D eigenvalue weighted by Crippen LogP contribution is 2.20. The van der Waals surface area contributed by atoms with Gasteiger partial charge in [-0.25, -0.2) is 0 Å². The second-order valence-electron chi connectivity index (χ2n) is 5.23. The van der Waals surface area contributed by atoms with Crippen molar-refractivity contribution in [2.75, 3.05) is 24.3 Å². The quantitative estimate of drug-likeness (QED) is 0.800. The molecular formula is C15H26N2. The molecule has 1 aromatic carbocycles. The summed E-state index contributed by atoms with van der Waals surface area (Å²) in [7, 11) is 4.13. The molecule has 0 heterocycles. The molecule has 0 aliphatic heterocycles. The number of hydrogen-bond acceptors (Lipinski definition) is 2. The van der Waals surface area contributed by atoms with Crippen molar-refractivity contribution in [3.8, 4) is 0 Å². The van der Waals surface area contributed by atoms with Crippen LogP contribution in [0.4, 0.5) is 11.4 Å². The van der Waals surface area contributed by atoms with Crippen LogP contribution in [0.2, 0.25) is 0 Å². The van der Waals surface area contributed by atoms with Gasteiger partial charge in [-0.1, -0.05) is 13.8 Å². The molecule has 1 atom stereocenters. The average Bonchev–Trinajstić information content (AvgIpc) is 2.35. The second-order valence-corrected chi connectivity index (χ2v) is 5.23. The van der Waals surface area contributed by atoms with Gasteiger partial charge in [0.25, 0.3) is 0 Å². The van der Waals surface area contributed by atoms with Gasteiger partial charge in [0, 0.05) is 31.5 Å². The summed E-state index contributed by atoms with van der Waals surface area (Å²) < 4.78 is 0. The maximum Gasteiger partial charge on any atom is 0.0367 e. The summed E-state index contributed by atoms with van der Waals surface area (Å²) in [6, 6.07) is 9.20. The van der Waals surface area contributed by atoms with E-state index in [0.29, 0.717) is 6.04 Å². The van der Waals surface area contributed by atoms with E-state index in [-0.39, 0.29) is 0 Å². The van der Waals surface area contributed by atoms with Gasteiger partial charge in [-0.3, -0.25) is 0 Å². The molecule has 17 heavy (non-hydrogen) atoms. The third kappa shape index (κ3) is 4.29. The fraction of sp³-hybridized carbons (Fsp3) is 0.600. The van der Waals surface area contributed by atoms with Gasteiger partial charge in [0.1, 0.15) is 0 Å². The number of hydrogen-bond donors (Lipinski definition) is 1. The van der Waals surface area contributed by atoms with Gasteiger partial charge < -0.3 is 10.2 Å². The summed E-state index contributed by atoms with van der Waals surface area (Å²) in [4.78, 5) is 2.36. The zero-order valence-electron chi connectivity index (χ0n) is 11.8. The van der Waals surface area contributed by atoms with E-state index >= 15 is 0 Å². The molecule has 0 aliphatic carbocycles. The fourth-order valence-corrected chi connectivity index (χ4v) is 1.89. The van der Waals surface area contributed by atoms with Crippen molar-refractivity contribution in [1.82, 2.24) is 0 Å². The first kappa shape index (κ1) is 13.9. The molecule has 2 heteroatoms. The summed E-state index contributed by atoms with van der Waals surface area (Å²) in [6.07, 6.45) is 2.54. The van der Waals surface area contributed by atoms with Crippen molar-refractivity contribution < 1.29 is 0 Å². The smallest absolute Gasteiger partial charge is 0.0367 e. The molecule has 0 spiro atoms. The maximum atomic E-state index is 3.14. The van der Waals surface area contributed by atoms with Crippen molar-refractivity contribution in [2.45, 2.75) is 39.7 Å². The fourth-order valence-electron chi connectivity index (χ4n) is 1.89. The second kappa shape index (κ2) is 6.53. The Bertz CT molecular complexity index is 316. The number of anilines is 2. The van der Waals surface area contributed by atoms with E-state index in [2.05, 4.69) is 62.3 Å². The van der Waals surface area contributed by atoms with Crippen LogP contribution in [0.1, 0.15) is 33.6 Å². The average molecular weight is 234 g/mol. The van der Waals surface area contributed by atoms with Crippen molar-refractivity contribution in [3.05, 3.63) is 24.3 Å². The van der Waals surface area contributed by atoms with E-state index in [1.807, 2.05) is 7.05 Å². The molecule has 0 fully saturated rings. The van der Waals surface area contributed by atoms with Crippen LogP contribution in [0.15, 0.2) is 24.3 Å². The summed E-state index contributed by atoms with van der Waals surface area (Å²) in [5.41, 5.74) is 2.46. The normalized spacial score (nSPS) is 12.6. The van der Waals surface area contributed by atoms with Crippen LogP contribution in [0.3, 0.4) is 0 Å². The predicted molar refractivity (Wildman–Crippen MR) is 77.9 cm³/mol. The first-order valence-corrected chi connectivity index (χ1v) is 6.55. The van der Waals surface area contributed by atoms with Crippen LogP contribution in [-0.4, -0.2) is 20.1 Å². The summed E-state index contributed by atoms with van der Waals surface area (Å²) in [6.45, 7) is 6.87. The Kier molecular flexibility index (Phi) is 5.33. The highest BCUT2D eigenvalue weighted by atomic mass is 15.1. The first-order valence-electron chi connectivity index (χ1n) is 6.55. The van der Waals surface area contributed by atoms with E-state index in [1.54, 1.807) is 0 Å². The Morgan fingerprint density at radius 3 is 2.12 bits per heavy atom. The molecule has 1 unspecified atom stereocenters. The minimum absolute atomic E-state index is 0.595. The van der Waals surface area contributed by atoms with E-state index in [0.717, 1.165) is 11.6 Å². The van der Waals surface area contributed by atoms with Gasteiger partial charge in [-0.2, -0.15) is 0 Å². The molecule has 2 nitrogen and oxygen atoms in total. The number of benzene rings is 1. The SMILES string of the molecule is CNc1ccc(N(C)C(C)CCC(C)C)cc1. The van der Waals surface area contributed by atoms with Crippen molar-refractivity contribution >= 4 is 11.4 Å². The summed E-state index contributed by atoms with van der Waals surface area (Å²) >= 11 is 0. The molecule has 96 valence electrons. The molecule has 0 radical (unpaired) electrons. The first-order chi connectivity index (χ1) is 8.04. The number of nitrogens with one attached hydrogen (secondary N) is 1. The lowest BCUT2D eigenvalue weighted by Crippen LogP contribution is -2.28. The number of nitrogens with zero attached hydrogens (tertiary/aromatic N) is 1. The van der Waals surface area contributed by atoms with Crippen LogP contribution in [-0.2, 0) is 0 Å².